The first-order valence-electron chi connectivity index (χ1n) is 3.78. The molecule has 7 heteroatoms. The normalized spacial score (nSPS) is 11.1. The number of carbonyl (C=O) groups excluding carboxylic acids is 1. The first-order valence-corrected chi connectivity index (χ1v) is 5.57. The molecule has 0 saturated heterocycles. The van der Waals surface area contributed by atoms with Crippen molar-refractivity contribution in [3.63, 3.8) is 0 Å². The average Bonchev–Trinajstić information content (AvgIpc) is 2.01. The van der Waals surface area contributed by atoms with Crippen LogP contribution in [0.4, 0.5) is 0 Å². The lowest BCUT2D eigenvalue weighted by Gasteiger charge is -2.06. The zero-order valence-corrected chi connectivity index (χ0v) is 8.70. The molecule has 0 saturated carbocycles. The van der Waals surface area contributed by atoms with Gasteiger partial charge in [0.15, 0.2) is 0 Å². The molecule has 0 rings (SSSR count). The van der Waals surface area contributed by atoms with Gasteiger partial charge in [-0.2, -0.15) is 0 Å². The van der Waals surface area contributed by atoms with Crippen LogP contribution < -0.4 is 0 Å². The summed E-state index contributed by atoms with van der Waals surface area (Å²) in [6.45, 7) is 4.75. The van der Waals surface area contributed by atoms with E-state index in [1.165, 1.54) is 6.92 Å². The molecule has 6 nitrogen and oxygen atoms in total. The summed E-state index contributed by atoms with van der Waals surface area (Å²) in [5.41, 5.74) is 0.264. The highest BCUT2D eigenvalue weighted by molar-refractivity contribution is 7.51. The topological polar surface area (TPSA) is 93.1 Å². The van der Waals surface area contributed by atoms with E-state index in [0.29, 0.717) is 0 Å². The van der Waals surface area contributed by atoms with Crippen molar-refractivity contribution in [3.8, 4) is 0 Å². The van der Waals surface area contributed by atoms with E-state index >= 15 is 0 Å². The molecule has 0 unspecified atom stereocenters. The Labute approximate surface area is 81.7 Å². The van der Waals surface area contributed by atoms with Crippen molar-refractivity contribution in [1.29, 1.82) is 0 Å². The van der Waals surface area contributed by atoms with Crippen LogP contribution in [0.25, 0.3) is 0 Å². The smallest absolute Gasteiger partial charge is 0.350 e. The lowest BCUT2D eigenvalue weighted by Crippen LogP contribution is -2.11. The van der Waals surface area contributed by atoms with E-state index in [-0.39, 0.29) is 18.8 Å². The molecule has 0 aliphatic rings. The van der Waals surface area contributed by atoms with Gasteiger partial charge < -0.3 is 19.3 Å². The summed E-state index contributed by atoms with van der Waals surface area (Å²) in [6, 6.07) is 0. The Morgan fingerprint density at radius 1 is 1.43 bits per heavy atom. The number of carbonyl (C=O) groups is 1. The second kappa shape index (κ2) is 5.93. The Morgan fingerprint density at radius 2 is 2.00 bits per heavy atom. The zero-order valence-electron chi connectivity index (χ0n) is 7.80. The fourth-order valence-electron chi connectivity index (χ4n) is 0.500. The number of rotatable bonds is 6. The van der Waals surface area contributed by atoms with Gasteiger partial charge >= 0.3 is 13.6 Å². The molecule has 0 spiro atoms. The summed E-state index contributed by atoms with van der Waals surface area (Å²) >= 11 is 0. The van der Waals surface area contributed by atoms with Gasteiger partial charge in [-0.3, -0.25) is 4.57 Å². The minimum absolute atomic E-state index is 0.0499. The van der Waals surface area contributed by atoms with Crippen molar-refractivity contribution in [2.24, 2.45) is 0 Å². The third-order valence-corrected chi connectivity index (χ3v) is 1.59. The predicted octanol–water partition coefficient (Wildman–Crippen LogP) is 0.257. The quantitative estimate of drug-likeness (QED) is 0.291. The molecule has 0 fully saturated rings. The molecule has 0 amide bonds. The van der Waals surface area contributed by atoms with Crippen molar-refractivity contribution in [2.75, 3.05) is 19.6 Å². The van der Waals surface area contributed by atoms with E-state index in [1.807, 2.05) is 0 Å². The van der Waals surface area contributed by atoms with Crippen LogP contribution >= 0.6 is 7.60 Å². The first kappa shape index (κ1) is 13.3. The molecule has 0 aliphatic heterocycles. The fraction of sp³-hybridized carbons (Fsp3) is 0.571. The van der Waals surface area contributed by atoms with E-state index in [9.17, 15) is 9.36 Å². The van der Waals surface area contributed by atoms with Crippen LogP contribution in [0.15, 0.2) is 12.2 Å². The van der Waals surface area contributed by atoms with Crippen LogP contribution in [-0.2, 0) is 18.8 Å². The van der Waals surface area contributed by atoms with Crippen LogP contribution in [-0.4, -0.2) is 35.3 Å². The first-order chi connectivity index (χ1) is 6.33. The lowest BCUT2D eigenvalue weighted by molar-refractivity contribution is -0.140. The molecule has 0 heterocycles. The van der Waals surface area contributed by atoms with E-state index in [0.717, 1.165) is 0 Å². The Balaban J connectivity index is 3.44. The maximum atomic E-state index is 10.8. The molecule has 0 radical (unpaired) electrons. The van der Waals surface area contributed by atoms with Crippen LogP contribution in [0.1, 0.15) is 6.92 Å². The van der Waals surface area contributed by atoms with Gasteiger partial charge in [0.1, 0.15) is 13.0 Å². The van der Waals surface area contributed by atoms with Crippen molar-refractivity contribution >= 4 is 13.6 Å². The van der Waals surface area contributed by atoms with E-state index in [1.54, 1.807) is 0 Å². The zero-order chi connectivity index (χ0) is 11.2. The number of hydrogen-bond donors (Lipinski definition) is 2. The van der Waals surface area contributed by atoms with Gasteiger partial charge in [-0.25, -0.2) is 4.79 Å². The molecule has 0 bridgehead atoms. The van der Waals surface area contributed by atoms with E-state index in [4.69, 9.17) is 9.79 Å². The summed E-state index contributed by atoms with van der Waals surface area (Å²) in [5, 5.41) is 0. The van der Waals surface area contributed by atoms with Gasteiger partial charge in [-0.15, -0.1) is 0 Å². The number of hydrogen-bond acceptors (Lipinski definition) is 4. The Morgan fingerprint density at radius 3 is 2.43 bits per heavy atom. The van der Waals surface area contributed by atoms with Crippen LogP contribution in [0.2, 0.25) is 0 Å². The van der Waals surface area contributed by atoms with Gasteiger partial charge in [0.2, 0.25) is 0 Å². The monoisotopic (exact) mass is 224 g/mol. The highest BCUT2D eigenvalue weighted by atomic mass is 31.2. The van der Waals surface area contributed by atoms with Crippen LogP contribution in [0, 0.1) is 0 Å². The summed E-state index contributed by atoms with van der Waals surface area (Å²) in [4.78, 5) is 27.5. The molecule has 0 aliphatic carbocycles. The average molecular weight is 224 g/mol. The molecular formula is C7H13O6P. The third-order valence-electron chi connectivity index (χ3n) is 1.07. The predicted molar refractivity (Wildman–Crippen MR) is 48.6 cm³/mol. The highest BCUT2D eigenvalue weighted by Gasteiger charge is 2.12. The van der Waals surface area contributed by atoms with Gasteiger partial charge in [-0.1, -0.05) is 6.58 Å². The van der Waals surface area contributed by atoms with Gasteiger partial charge in [0.25, 0.3) is 0 Å². The minimum atomic E-state index is -4.13. The Bertz CT molecular complexity index is 255. The van der Waals surface area contributed by atoms with Gasteiger partial charge in [0.05, 0.1) is 6.61 Å². The number of ether oxygens (including phenoxy) is 2. The molecule has 82 valence electrons. The van der Waals surface area contributed by atoms with E-state index in [2.05, 4.69) is 16.1 Å². The molecule has 0 aromatic rings. The summed E-state index contributed by atoms with van der Waals surface area (Å²) in [5.74, 6) is -0.551. The lowest BCUT2D eigenvalue weighted by atomic mass is 10.4. The standard InChI is InChI=1S/C7H13O6P/c1-6(2)7(8)13-4-3-12-5-14(9,10)11/h1,3-5H2,2H3,(H2,9,10,11). The minimum Gasteiger partial charge on any atom is -0.460 e. The molecule has 0 atom stereocenters. The fourth-order valence-corrected chi connectivity index (χ4v) is 0.867. The number of esters is 1. The third kappa shape index (κ3) is 7.94. The van der Waals surface area contributed by atoms with Crippen molar-refractivity contribution in [1.82, 2.24) is 0 Å². The molecule has 0 aromatic heterocycles. The largest absolute Gasteiger partial charge is 0.460 e. The second-order valence-corrected chi connectivity index (χ2v) is 4.21. The Kier molecular flexibility index (Phi) is 5.64. The van der Waals surface area contributed by atoms with Gasteiger partial charge in [0, 0.05) is 5.57 Å². The maximum absolute atomic E-state index is 10.8. The van der Waals surface area contributed by atoms with Crippen molar-refractivity contribution in [2.45, 2.75) is 6.92 Å². The van der Waals surface area contributed by atoms with Crippen molar-refractivity contribution in [3.05, 3.63) is 12.2 Å². The van der Waals surface area contributed by atoms with Crippen LogP contribution in [0.5, 0.6) is 0 Å². The summed E-state index contributed by atoms with van der Waals surface area (Å²) in [7, 11) is -4.13. The summed E-state index contributed by atoms with van der Waals surface area (Å²) in [6.07, 6.45) is -0.669. The molecule has 0 aromatic carbocycles. The van der Waals surface area contributed by atoms with Gasteiger partial charge in [-0.05, 0) is 6.92 Å². The second-order valence-electron chi connectivity index (χ2n) is 2.62. The molecule has 2 N–H and O–H groups in total. The highest BCUT2D eigenvalue weighted by Crippen LogP contribution is 2.33. The molecular weight excluding hydrogens is 211 g/mol. The van der Waals surface area contributed by atoms with Crippen LogP contribution in [0.3, 0.4) is 0 Å². The molecule has 14 heavy (non-hydrogen) atoms. The summed E-state index contributed by atoms with van der Waals surface area (Å²) < 4.78 is 19.4. The maximum Gasteiger partial charge on any atom is 0.350 e. The van der Waals surface area contributed by atoms with Crippen molar-refractivity contribution < 1.29 is 28.6 Å². The van der Waals surface area contributed by atoms with E-state index < -0.39 is 19.9 Å². The Hall–Kier alpha value is -0.680. The SMILES string of the molecule is C=C(C)C(=O)OCCOCP(=O)(O)O.